The van der Waals surface area contributed by atoms with Crippen LogP contribution in [0.15, 0.2) is 162 Å². The first-order chi connectivity index (χ1) is 27.7. The van der Waals surface area contributed by atoms with Crippen LogP contribution in [-0.4, -0.2) is 24.9 Å². The van der Waals surface area contributed by atoms with Crippen molar-refractivity contribution in [3.63, 3.8) is 0 Å². The summed E-state index contributed by atoms with van der Waals surface area (Å²) in [5, 5.41) is 4.55. The van der Waals surface area contributed by atoms with Crippen LogP contribution >= 0.6 is 11.3 Å². The Balaban J connectivity index is 1.07. The number of furan rings is 1. The Morgan fingerprint density at radius 1 is 0.429 bits per heavy atom. The Labute approximate surface area is 325 Å². The summed E-state index contributed by atoms with van der Waals surface area (Å²) in [6, 6.07) is 53.8. The van der Waals surface area contributed by atoms with Gasteiger partial charge in [0, 0.05) is 64.0 Å². The van der Waals surface area contributed by atoms with E-state index in [0.29, 0.717) is 17.5 Å². The highest BCUT2D eigenvalue weighted by atomic mass is 32.1. The summed E-state index contributed by atoms with van der Waals surface area (Å²) in [5.41, 5.74) is 9.53. The first-order valence-corrected chi connectivity index (χ1v) is 19.5. The Morgan fingerprint density at radius 3 is 1.66 bits per heavy atom. The van der Waals surface area contributed by atoms with Crippen molar-refractivity contribution in [3.05, 3.63) is 173 Å². The summed E-state index contributed by atoms with van der Waals surface area (Å²) in [5.74, 6) is 2.61. The molecule has 11 rings (SSSR count). The van der Waals surface area contributed by atoms with Crippen molar-refractivity contribution in [2.24, 2.45) is 0 Å². The molecule has 0 saturated heterocycles. The van der Waals surface area contributed by atoms with Gasteiger partial charge in [-0.3, -0.25) is 0 Å². The summed E-state index contributed by atoms with van der Waals surface area (Å²) in [7, 11) is 0. The average Bonchev–Trinajstić information content (AvgIpc) is 3.85. The molecule has 0 fully saturated rings. The molecular formula is C49H31N5OS. The molecular weight excluding hydrogens is 707 g/mol. The molecule has 0 atom stereocenters. The van der Waals surface area contributed by atoms with Gasteiger partial charge >= 0.3 is 0 Å². The van der Waals surface area contributed by atoms with E-state index in [2.05, 4.69) is 97.1 Å². The van der Waals surface area contributed by atoms with Gasteiger partial charge in [0.15, 0.2) is 23.3 Å². The minimum absolute atomic E-state index is 0.593. The molecule has 264 valence electrons. The molecule has 1 aliphatic carbocycles. The quantitative estimate of drug-likeness (QED) is 0.169. The van der Waals surface area contributed by atoms with Crippen molar-refractivity contribution in [1.29, 1.82) is 0 Å². The predicted octanol–water partition coefficient (Wildman–Crippen LogP) is 10.9. The standard InChI is InChI=1S/C49H31N5OS/c1-4-13-30(14-5-1)39-29-40(31-15-6-2-7-16-31)51-49(50-39)38-20-12-22-43-45(38)37-26-24-34(28-44(37)56-43)48-53-46(32-17-8-3-9-18-32)52-47(54-48)33-23-25-36-35-19-10-11-21-41(35)55-42(36)27-33/h1-11,13-19,21-29H,12,20H2. The number of benzene rings is 6. The zero-order valence-electron chi connectivity index (χ0n) is 30.1. The van der Waals surface area contributed by atoms with Gasteiger partial charge in [0.25, 0.3) is 0 Å². The fourth-order valence-electron chi connectivity index (χ4n) is 7.72. The van der Waals surface area contributed by atoms with Crippen LogP contribution in [-0.2, 0) is 0 Å². The van der Waals surface area contributed by atoms with Crippen LogP contribution in [0.4, 0.5) is 0 Å². The highest BCUT2D eigenvalue weighted by Gasteiger charge is 2.19. The lowest BCUT2D eigenvalue weighted by molar-refractivity contribution is 0.669. The lowest BCUT2D eigenvalue weighted by Gasteiger charge is -2.13. The first kappa shape index (κ1) is 32.3. The summed E-state index contributed by atoms with van der Waals surface area (Å²) in [6.45, 7) is 0. The van der Waals surface area contributed by atoms with Crippen molar-refractivity contribution in [2.45, 2.75) is 12.8 Å². The van der Waals surface area contributed by atoms with Crippen LogP contribution in [0.3, 0.4) is 0 Å². The predicted molar refractivity (Wildman–Crippen MR) is 227 cm³/mol. The van der Waals surface area contributed by atoms with Gasteiger partial charge in [-0.2, -0.15) is 0 Å². The zero-order chi connectivity index (χ0) is 37.0. The third-order valence-corrected chi connectivity index (χ3v) is 11.6. The maximum atomic E-state index is 6.25. The van der Waals surface area contributed by atoms with Gasteiger partial charge in [-0.05, 0) is 43.2 Å². The smallest absolute Gasteiger partial charge is 0.164 e. The van der Waals surface area contributed by atoms with Crippen molar-refractivity contribution in [3.8, 4) is 56.7 Å². The van der Waals surface area contributed by atoms with Gasteiger partial charge in [-0.25, -0.2) is 24.9 Å². The van der Waals surface area contributed by atoms with E-state index in [1.807, 2.05) is 66.7 Å². The van der Waals surface area contributed by atoms with Crippen LogP contribution < -0.4 is 9.75 Å². The summed E-state index contributed by atoms with van der Waals surface area (Å²) < 4.78 is 8.66. The van der Waals surface area contributed by atoms with E-state index in [-0.39, 0.29) is 0 Å². The number of para-hydroxylation sites is 1. The molecule has 0 radical (unpaired) electrons. The fraction of sp³-hybridized carbons (Fsp3) is 0.0408. The second kappa shape index (κ2) is 13.3. The van der Waals surface area contributed by atoms with E-state index < -0.39 is 0 Å². The lowest BCUT2D eigenvalue weighted by Crippen LogP contribution is -2.26. The van der Waals surface area contributed by atoms with E-state index in [0.717, 1.165) is 84.5 Å². The fourth-order valence-corrected chi connectivity index (χ4v) is 8.96. The van der Waals surface area contributed by atoms with Gasteiger partial charge in [0.1, 0.15) is 11.2 Å². The molecule has 6 nitrogen and oxygen atoms in total. The number of hydrogen-bond donors (Lipinski definition) is 0. The van der Waals surface area contributed by atoms with Gasteiger partial charge in [-0.15, -0.1) is 11.3 Å². The zero-order valence-corrected chi connectivity index (χ0v) is 30.9. The molecule has 1 aliphatic rings. The molecule has 0 amide bonds. The van der Waals surface area contributed by atoms with E-state index in [9.17, 15) is 0 Å². The monoisotopic (exact) mass is 737 g/mol. The lowest BCUT2D eigenvalue weighted by atomic mass is 9.99. The highest BCUT2D eigenvalue weighted by Crippen LogP contribution is 2.34. The molecule has 4 heterocycles. The maximum Gasteiger partial charge on any atom is 0.164 e. The van der Waals surface area contributed by atoms with Crippen molar-refractivity contribution >= 4 is 55.0 Å². The number of hydrogen-bond acceptors (Lipinski definition) is 7. The number of thiophene rings is 1. The molecule has 0 spiro atoms. The van der Waals surface area contributed by atoms with Crippen molar-refractivity contribution in [2.75, 3.05) is 0 Å². The number of rotatable bonds is 6. The number of aromatic nitrogens is 5. The molecule has 0 saturated carbocycles. The second-order valence-electron chi connectivity index (χ2n) is 13.9. The Hall–Kier alpha value is -7.09. The summed E-state index contributed by atoms with van der Waals surface area (Å²) >= 11 is 1.80. The van der Waals surface area contributed by atoms with E-state index >= 15 is 0 Å². The Bertz CT molecular complexity index is 3190. The summed E-state index contributed by atoms with van der Waals surface area (Å²) in [6.07, 6.45) is 4.14. The average molecular weight is 738 g/mol. The van der Waals surface area contributed by atoms with Gasteiger partial charge in [0.2, 0.25) is 0 Å². The van der Waals surface area contributed by atoms with Crippen LogP contribution in [0.1, 0.15) is 18.7 Å². The Kier molecular flexibility index (Phi) is 7.70. The van der Waals surface area contributed by atoms with E-state index in [4.69, 9.17) is 29.3 Å². The molecule has 56 heavy (non-hydrogen) atoms. The number of nitrogens with zero attached hydrogens (tertiary/aromatic N) is 5. The van der Waals surface area contributed by atoms with Gasteiger partial charge in [-0.1, -0.05) is 133 Å². The van der Waals surface area contributed by atoms with Crippen LogP contribution in [0.2, 0.25) is 0 Å². The van der Waals surface area contributed by atoms with Gasteiger partial charge < -0.3 is 4.42 Å². The molecule has 0 unspecified atom stereocenters. The van der Waals surface area contributed by atoms with E-state index in [1.165, 1.54) is 20.7 Å². The topological polar surface area (TPSA) is 77.6 Å². The minimum atomic E-state index is 0.593. The third kappa shape index (κ3) is 5.68. The molecule has 0 aliphatic heterocycles. The minimum Gasteiger partial charge on any atom is -0.456 e. The Morgan fingerprint density at radius 2 is 0.982 bits per heavy atom. The highest BCUT2D eigenvalue weighted by molar-refractivity contribution is 7.17. The third-order valence-electron chi connectivity index (χ3n) is 10.4. The molecule has 0 N–H and O–H groups in total. The largest absolute Gasteiger partial charge is 0.456 e. The normalized spacial score (nSPS) is 12.6. The SMILES string of the molecule is C1=c2sc3cc(-c4nc(-c5ccccc5)nc(-c5ccc6c(c5)oc5ccccc56)n4)ccc3c2=C(c2nc(-c3ccccc3)cc(-c3ccccc3)n2)CC1. The van der Waals surface area contributed by atoms with Crippen LogP contribution in [0, 0.1) is 0 Å². The second-order valence-corrected chi connectivity index (χ2v) is 15.0. The molecule has 0 bridgehead atoms. The van der Waals surface area contributed by atoms with Crippen LogP contribution in [0.5, 0.6) is 0 Å². The molecule has 6 aromatic carbocycles. The summed E-state index contributed by atoms with van der Waals surface area (Å²) in [4.78, 5) is 25.6. The van der Waals surface area contributed by atoms with Crippen LogP contribution in [0.25, 0.3) is 100 Å². The molecule has 10 aromatic rings. The number of fused-ring (bicyclic) bond motifs is 6. The van der Waals surface area contributed by atoms with Crippen molar-refractivity contribution < 1.29 is 4.42 Å². The van der Waals surface area contributed by atoms with Crippen molar-refractivity contribution in [1.82, 2.24) is 24.9 Å². The van der Waals surface area contributed by atoms with E-state index in [1.54, 1.807) is 11.3 Å². The van der Waals surface area contributed by atoms with Gasteiger partial charge in [0.05, 0.1) is 11.4 Å². The molecule has 4 aromatic heterocycles. The first-order valence-electron chi connectivity index (χ1n) is 18.7. The maximum absolute atomic E-state index is 6.25. The molecule has 7 heteroatoms.